The summed E-state index contributed by atoms with van der Waals surface area (Å²) in [6.07, 6.45) is 6.08. The summed E-state index contributed by atoms with van der Waals surface area (Å²) < 4.78 is 0. The number of hydrogen-bond acceptors (Lipinski definition) is 2. The summed E-state index contributed by atoms with van der Waals surface area (Å²) in [6.45, 7) is 2.00. The highest BCUT2D eigenvalue weighted by molar-refractivity contribution is 5.74. The predicted molar refractivity (Wildman–Crippen MR) is 85.8 cm³/mol. The third-order valence-electron chi connectivity index (χ3n) is 4.61. The second-order valence-electron chi connectivity index (χ2n) is 6.08. The highest BCUT2D eigenvalue weighted by atomic mass is 16.3. The molecule has 1 saturated carbocycles. The van der Waals surface area contributed by atoms with E-state index in [2.05, 4.69) is 6.07 Å². The van der Waals surface area contributed by atoms with E-state index in [0.717, 1.165) is 35.1 Å². The van der Waals surface area contributed by atoms with E-state index in [9.17, 15) is 10.2 Å². The Morgan fingerprint density at radius 2 is 1.67 bits per heavy atom. The van der Waals surface area contributed by atoms with Crippen LogP contribution in [0.5, 0.6) is 11.5 Å². The number of aryl methyl sites for hydroxylation is 1. The van der Waals surface area contributed by atoms with Gasteiger partial charge in [-0.2, -0.15) is 0 Å². The van der Waals surface area contributed by atoms with Crippen molar-refractivity contribution < 1.29 is 10.2 Å². The van der Waals surface area contributed by atoms with Gasteiger partial charge in [0.05, 0.1) is 0 Å². The molecule has 2 aromatic carbocycles. The Kier molecular flexibility index (Phi) is 3.87. The molecule has 1 aliphatic carbocycles. The quantitative estimate of drug-likeness (QED) is 0.802. The average molecular weight is 282 g/mol. The standard InChI is InChI=1S/C19H22O2/c1-13-6-5-9-18(21)19(13)15-10-11-17(20)16(12-15)14-7-3-2-4-8-14/h5-6,9-12,14,20-21H,2-4,7-8H2,1H3. The highest BCUT2D eigenvalue weighted by Gasteiger charge is 2.20. The molecular formula is C19H22O2. The first kappa shape index (κ1) is 14.0. The van der Waals surface area contributed by atoms with Gasteiger partial charge in [0.2, 0.25) is 0 Å². The van der Waals surface area contributed by atoms with Crippen molar-refractivity contribution in [1.29, 1.82) is 0 Å². The molecule has 1 aliphatic rings. The van der Waals surface area contributed by atoms with Gasteiger partial charge in [-0.25, -0.2) is 0 Å². The SMILES string of the molecule is Cc1cccc(O)c1-c1ccc(O)c(C2CCCCC2)c1. The van der Waals surface area contributed by atoms with E-state index in [-0.39, 0.29) is 0 Å². The highest BCUT2D eigenvalue weighted by Crippen LogP contribution is 2.41. The smallest absolute Gasteiger partial charge is 0.123 e. The van der Waals surface area contributed by atoms with Crippen LogP contribution in [0.2, 0.25) is 0 Å². The van der Waals surface area contributed by atoms with Crippen molar-refractivity contribution in [2.24, 2.45) is 0 Å². The molecule has 0 spiro atoms. The molecule has 1 fully saturated rings. The summed E-state index contributed by atoms with van der Waals surface area (Å²) in [6, 6.07) is 11.3. The monoisotopic (exact) mass is 282 g/mol. The third-order valence-corrected chi connectivity index (χ3v) is 4.61. The maximum Gasteiger partial charge on any atom is 0.123 e. The molecule has 2 aromatic rings. The van der Waals surface area contributed by atoms with Gasteiger partial charge >= 0.3 is 0 Å². The molecular weight excluding hydrogens is 260 g/mol. The maximum absolute atomic E-state index is 10.2. The van der Waals surface area contributed by atoms with Gasteiger partial charge in [0, 0.05) is 5.56 Å². The molecule has 0 bridgehead atoms. The minimum Gasteiger partial charge on any atom is -0.508 e. The van der Waals surface area contributed by atoms with Crippen LogP contribution in [0.3, 0.4) is 0 Å². The normalized spacial score (nSPS) is 16.0. The molecule has 0 amide bonds. The zero-order valence-corrected chi connectivity index (χ0v) is 12.5. The van der Waals surface area contributed by atoms with E-state index in [1.165, 1.54) is 19.3 Å². The Labute approximate surface area is 126 Å². The first-order valence-corrected chi connectivity index (χ1v) is 7.78. The average Bonchev–Trinajstić information content (AvgIpc) is 2.49. The third kappa shape index (κ3) is 2.76. The van der Waals surface area contributed by atoms with Gasteiger partial charge in [0.15, 0.2) is 0 Å². The Hall–Kier alpha value is -1.96. The summed E-state index contributed by atoms with van der Waals surface area (Å²) in [5.74, 6) is 1.14. The largest absolute Gasteiger partial charge is 0.508 e. The summed E-state index contributed by atoms with van der Waals surface area (Å²) in [5, 5.41) is 20.4. The summed E-state index contributed by atoms with van der Waals surface area (Å²) in [5.41, 5.74) is 3.95. The first-order chi connectivity index (χ1) is 10.2. The first-order valence-electron chi connectivity index (χ1n) is 7.78. The molecule has 0 radical (unpaired) electrons. The molecule has 0 unspecified atom stereocenters. The summed E-state index contributed by atoms with van der Waals surface area (Å²) in [7, 11) is 0. The van der Waals surface area contributed by atoms with Crippen LogP contribution in [0.1, 0.15) is 49.1 Å². The van der Waals surface area contributed by atoms with E-state index < -0.39 is 0 Å². The van der Waals surface area contributed by atoms with Gasteiger partial charge in [-0.05, 0) is 60.6 Å². The molecule has 2 nitrogen and oxygen atoms in total. The zero-order chi connectivity index (χ0) is 14.8. The molecule has 2 N–H and O–H groups in total. The zero-order valence-electron chi connectivity index (χ0n) is 12.5. The van der Waals surface area contributed by atoms with Gasteiger partial charge in [-0.3, -0.25) is 0 Å². The van der Waals surface area contributed by atoms with E-state index in [0.29, 0.717) is 17.4 Å². The van der Waals surface area contributed by atoms with Crippen LogP contribution in [0.15, 0.2) is 36.4 Å². The van der Waals surface area contributed by atoms with E-state index in [4.69, 9.17) is 0 Å². The Morgan fingerprint density at radius 3 is 2.38 bits per heavy atom. The molecule has 3 rings (SSSR count). The lowest BCUT2D eigenvalue weighted by Crippen LogP contribution is -2.05. The van der Waals surface area contributed by atoms with E-state index in [1.54, 1.807) is 12.1 Å². The number of phenolic OH excluding ortho intramolecular Hbond substituents is 2. The lowest BCUT2D eigenvalue weighted by Gasteiger charge is -2.23. The number of hydrogen-bond donors (Lipinski definition) is 2. The molecule has 2 heteroatoms. The van der Waals surface area contributed by atoms with Gasteiger partial charge in [0.25, 0.3) is 0 Å². The number of aromatic hydroxyl groups is 2. The van der Waals surface area contributed by atoms with Gasteiger partial charge in [0.1, 0.15) is 11.5 Å². The van der Waals surface area contributed by atoms with Gasteiger partial charge in [-0.1, -0.05) is 37.5 Å². The summed E-state index contributed by atoms with van der Waals surface area (Å²) in [4.78, 5) is 0. The fourth-order valence-corrected chi connectivity index (χ4v) is 3.48. The number of benzene rings is 2. The number of phenols is 2. The molecule has 110 valence electrons. The van der Waals surface area contributed by atoms with Crippen molar-refractivity contribution in [2.75, 3.05) is 0 Å². The van der Waals surface area contributed by atoms with Crippen molar-refractivity contribution >= 4 is 0 Å². The molecule has 0 atom stereocenters. The van der Waals surface area contributed by atoms with Crippen molar-refractivity contribution in [3.05, 3.63) is 47.5 Å². The van der Waals surface area contributed by atoms with Gasteiger partial charge in [-0.15, -0.1) is 0 Å². The van der Waals surface area contributed by atoms with Crippen LogP contribution in [0.25, 0.3) is 11.1 Å². The second-order valence-corrected chi connectivity index (χ2v) is 6.08. The molecule has 0 aliphatic heterocycles. The van der Waals surface area contributed by atoms with Crippen molar-refractivity contribution in [3.63, 3.8) is 0 Å². The lowest BCUT2D eigenvalue weighted by molar-refractivity contribution is 0.414. The molecule has 21 heavy (non-hydrogen) atoms. The Bertz CT molecular complexity index is 620. The Morgan fingerprint density at radius 1 is 0.905 bits per heavy atom. The van der Waals surface area contributed by atoms with Crippen LogP contribution < -0.4 is 0 Å². The summed E-state index contributed by atoms with van der Waals surface area (Å²) >= 11 is 0. The van der Waals surface area contributed by atoms with Gasteiger partial charge < -0.3 is 10.2 Å². The van der Waals surface area contributed by atoms with E-state index >= 15 is 0 Å². The van der Waals surface area contributed by atoms with Crippen molar-refractivity contribution in [3.8, 4) is 22.6 Å². The fourth-order valence-electron chi connectivity index (χ4n) is 3.48. The lowest BCUT2D eigenvalue weighted by atomic mass is 9.82. The maximum atomic E-state index is 10.2. The fraction of sp³-hybridized carbons (Fsp3) is 0.368. The predicted octanol–water partition coefficient (Wildman–Crippen LogP) is 5.12. The van der Waals surface area contributed by atoms with Crippen LogP contribution in [0, 0.1) is 6.92 Å². The second kappa shape index (κ2) is 5.80. The van der Waals surface area contributed by atoms with Crippen LogP contribution >= 0.6 is 0 Å². The minimum atomic E-state index is 0.301. The minimum absolute atomic E-state index is 0.301. The van der Waals surface area contributed by atoms with Crippen molar-refractivity contribution in [2.45, 2.75) is 44.9 Å². The van der Waals surface area contributed by atoms with E-state index in [1.807, 2.05) is 25.1 Å². The Balaban J connectivity index is 2.05. The number of rotatable bonds is 2. The molecule has 0 heterocycles. The van der Waals surface area contributed by atoms with Crippen LogP contribution in [0.4, 0.5) is 0 Å². The van der Waals surface area contributed by atoms with Crippen molar-refractivity contribution in [1.82, 2.24) is 0 Å². The topological polar surface area (TPSA) is 40.5 Å². The van der Waals surface area contributed by atoms with Crippen LogP contribution in [-0.4, -0.2) is 10.2 Å². The van der Waals surface area contributed by atoms with Crippen LogP contribution in [-0.2, 0) is 0 Å². The molecule has 0 aromatic heterocycles. The molecule has 0 saturated heterocycles.